The van der Waals surface area contributed by atoms with Crippen LogP contribution in [0.4, 0.5) is 25.1 Å². The first-order chi connectivity index (χ1) is 15.4. The van der Waals surface area contributed by atoms with Crippen LogP contribution in [-0.2, 0) is 19.1 Å². The number of amides is 2. The highest BCUT2D eigenvalue weighted by Crippen LogP contribution is 2.30. The second-order valence-electron chi connectivity index (χ2n) is 7.55. The Morgan fingerprint density at radius 3 is 2.69 bits per heavy atom. The summed E-state index contributed by atoms with van der Waals surface area (Å²) in [5, 5.41) is 0. The Kier molecular flexibility index (Phi) is 6.02. The lowest BCUT2D eigenvalue weighted by atomic mass is 10.1. The van der Waals surface area contributed by atoms with E-state index < -0.39 is 36.1 Å². The summed E-state index contributed by atoms with van der Waals surface area (Å²) in [6, 6.07) is 7.49. The van der Waals surface area contributed by atoms with Gasteiger partial charge in [-0.1, -0.05) is 0 Å². The van der Waals surface area contributed by atoms with Gasteiger partial charge in [0.15, 0.2) is 6.17 Å². The molecular formula is C22H21F2N3O5. The number of cyclic esters (lactones) is 1. The summed E-state index contributed by atoms with van der Waals surface area (Å²) in [6.07, 6.45) is -0.638. The fourth-order valence-electron chi connectivity index (χ4n) is 3.75. The van der Waals surface area contributed by atoms with Gasteiger partial charge in [0.05, 0.1) is 19.3 Å². The lowest BCUT2D eigenvalue weighted by Crippen LogP contribution is -2.28. The zero-order valence-electron chi connectivity index (χ0n) is 17.3. The van der Waals surface area contributed by atoms with Gasteiger partial charge in [-0.2, -0.15) is 0 Å². The maximum absolute atomic E-state index is 14.8. The third kappa shape index (κ3) is 4.25. The number of benzene rings is 1. The molecule has 0 aliphatic carbocycles. The lowest BCUT2D eigenvalue weighted by Gasteiger charge is -2.16. The number of hydrogen-bond acceptors (Lipinski definition) is 6. The first-order valence-corrected chi connectivity index (χ1v) is 10.1. The van der Waals surface area contributed by atoms with Gasteiger partial charge in [0.25, 0.3) is 5.91 Å². The number of hydrogen-bond donors (Lipinski definition) is 0. The molecule has 3 heterocycles. The molecule has 168 valence electrons. The van der Waals surface area contributed by atoms with Crippen LogP contribution in [-0.4, -0.2) is 55.4 Å². The highest BCUT2D eigenvalue weighted by atomic mass is 19.1. The molecule has 32 heavy (non-hydrogen) atoms. The highest BCUT2D eigenvalue weighted by Gasteiger charge is 2.34. The smallest absolute Gasteiger partial charge is 0.414 e. The number of esters is 1. The van der Waals surface area contributed by atoms with E-state index in [1.54, 1.807) is 18.2 Å². The molecule has 1 aromatic carbocycles. The van der Waals surface area contributed by atoms with Crippen molar-refractivity contribution in [3.63, 3.8) is 0 Å². The predicted molar refractivity (Wildman–Crippen MR) is 110 cm³/mol. The van der Waals surface area contributed by atoms with Crippen molar-refractivity contribution in [2.75, 3.05) is 30.0 Å². The lowest BCUT2D eigenvalue weighted by molar-refractivity contribution is -0.141. The predicted octanol–water partition coefficient (Wildman–Crippen LogP) is 3.24. The van der Waals surface area contributed by atoms with Gasteiger partial charge >= 0.3 is 12.1 Å². The van der Waals surface area contributed by atoms with E-state index in [1.165, 1.54) is 35.2 Å². The van der Waals surface area contributed by atoms with E-state index in [9.17, 15) is 23.2 Å². The Balaban J connectivity index is 1.46. The average Bonchev–Trinajstić information content (AvgIpc) is 3.34. The molecule has 1 unspecified atom stereocenters. The summed E-state index contributed by atoms with van der Waals surface area (Å²) in [7, 11) is 1.29. The minimum absolute atomic E-state index is 0.119. The molecule has 0 N–H and O–H groups in total. The molecule has 2 aromatic rings. The zero-order valence-corrected chi connectivity index (χ0v) is 17.3. The Morgan fingerprint density at radius 1 is 1.25 bits per heavy atom. The number of rotatable bonds is 6. The van der Waals surface area contributed by atoms with Crippen LogP contribution in [0.1, 0.15) is 19.3 Å². The number of alkyl halides is 1. The fourth-order valence-corrected chi connectivity index (χ4v) is 3.75. The van der Waals surface area contributed by atoms with Crippen molar-refractivity contribution in [3.8, 4) is 11.1 Å². The summed E-state index contributed by atoms with van der Waals surface area (Å²) >= 11 is 0. The number of halogens is 2. The Bertz CT molecular complexity index is 1050. The Labute approximate surface area is 182 Å². The van der Waals surface area contributed by atoms with Gasteiger partial charge < -0.3 is 9.47 Å². The fraction of sp³-hybridized carbons (Fsp3) is 0.364. The van der Waals surface area contributed by atoms with Crippen molar-refractivity contribution in [3.05, 3.63) is 42.3 Å². The van der Waals surface area contributed by atoms with Crippen LogP contribution in [0.3, 0.4) is 0 Å². The van der Waals surface area contributed by atoms with Crippen LogP contribution < -0.4 is 9.80 Å². The molecule has 0 spiro atoms. The number of carbonyl (C=O) groups excluding carboxylic acids is 3. The van der Waals surface area contributed by atoms with Crippen molar-refractivity contribution in [2.45, 2.75) is 31.5 Å². The van der Waals surface area contributed by atoms with Crippen molar-refractivity contribution in [1.82, 2.24) is 4.98 Å². The van der Waals surface area contributed by atoms with Crippen LogP contribution in [0.5, 0.6) is 0 Å². The normalized spacial score (nSPS) is 20.6. The van der Waals surface area contributed by atoms with E-state index in [0.717, 1.165) is 0 Å². The SMILES string of the molecule is COC(=O)CC[C@H]1CN(c2ccc(-c3ccc(N4CCC(F)C4=O)nc3)c(F)c2)C(=O)O1. The molecule has 1 aromatic heterocycles. The minimum atomic E-state index is -1.51. The quantitative estimate of drug-likeness (QED) is 0.635. The number of nitrogens with zero attached hydrogens (tertiary/aromatic N) is 3. The molecule has 2 atom stereocenters. The topological polar surface area (TPSA) is 89.0 Å². The van der Waals surface area contributed by atoms with E-state index in [0.29, 0.717) is 23.5 Å². The maximum Gasteiger partial charge on any atom is 0.414 e. The van der Waals surface area contributed by atoms with E-state index in [2.05, 4.69) is 9.72 Å². The molecule has 2 aliphatic rings. The molecule has 2 aliphatic heterocycles. The number of pyridine rings is 1. The van der Waals surface area contributed by atoms with Crippen LogP contribution in [0, 0.1) is 5.82 Å². The largest absolute Gasteiger partial charge is 0.469 e. The number of carbonyl (C=O) groups is 3. The molecule has 0 saturated carbocycles. The third-order valence-electron chi connectivity index (χ3n) is 5.51. The third-order valence-corrected chi connectivity index (χ3v) is 5.51. The molecule has 2 amide bonds. The van der Waals surface area contributed by atoms with Gasteiger partial charge in [0.2, 0.25) is 0 Å². The second kappa shape index (κ2) is 8.89. The van der Waals surface area contributed by atoms with Gasteiger partial charge in [-0.3, -0.25) is 19.4 Å². The molecule has 0 radical (unpaired) electrons. The summed E-state index contributed by atoms with van der Waals surface area (Å²) < 4.78 is 38.1. The molecule has 8 nitrogen and oxygen atoms in total. The van der Waals surface area contributed by atoms with E-state index >= 15 is 0 Å². The van der Waals surface area contributed by atoms with Gasteiger partial charge in [-0.05, 0) is 36.8 Å². The minimum Gasteiger partial charge on any atom is -0.469 e. The van der Waals surface area contributed by atoms with Gasteiger partial charge in [-0.25, -0.2) is 18.6 Å². The van der Waals surface area contributed by atoms with Crippen LogP contribution in [0.2, 0.25) is 0 Å². The molecule has 2 fully saturated rings. The first-order valence-electron chi connectivity index (χ1n) is 10.1. The van der Waals surface area contributed by atoms with Crippen molar-refractivity contribution in [2.24, 2.45) is 0 Å². The standard InChI is InChI=1S/C22H21F2N3O5/c1-31-20(28)7-4-15-12-27(22(30)32-15)14-3-5-16(18(24)10-14)13-2-6-19(25-11-13)26-9-8-17(23)21(26)29/h2-3,5-6,10-11,15,17H,4,7-9,12H2,1H3/t15-,17?/m0/s1. The van der Waals surface area contributed by atoms with Gasteiger partial charge in [0.1, 0.15) is 17.7 Å². The van der Waals surface area contributed by atoms with Gasteiger partial charge in [0, 0.05) is 36.7 Å². The number of methoxy groups -OCH3 is 1. The monoisotopic (exact) mass is 445 g/mol. The average molecular weight is 445 g/mol. The van der Waals surface area contributed by atoms with E-state index in [1.807, 2.05) is 0 Å². The molecular weight excluding hydrogens is 424 g/mol. The Morgan fingerprint density at radius 2 is 2.06 bits per heavy atom. The summed E-state index contributed by atoms with van der Waals surface area (Å²) in [5.74, 6) is -1.27. The Hall–Kier alpha value is -3.56. The zero-order chi connectivity index (χ0) is 22.8. The van der Waals surface area contributed by atoms with Crippen molar-refractivity contribution >= 4 is 29.5 Å². The summed E-state index contributed by atoms with van der Waals surface area (Å²) in [4.78, 5) is 42.0. The van der Waals surface area contributed by atoms with Gasteiger partial charge in [-0.15, -0.1) is 0 Å². The summed E-state index contributed by atoms with van der Waals surface area (Å²) in [6.45, 7) is 0.451. The molecule has 0 bridgehead atoms. The van der Waals surface area contributed by atoms with Crippen LogP contribution in [0.25, 0.3) is 11.1 Å². The maximum atomic E-state index is 14.8. The first kappa shape index (κ1) is 21.7. The van der Waals surface area contributed by atoms with E-state index in [-0.39, 0.29) is 31.5 Å². The number of anilines is 2. The van der Waals surface area contributed by atoms with Crippen molar-refractivity contribution < 1.29 is 32.6 Å². The second-order valence-corrected chi connectivity index (χ2v) is 7.55. The molecule has 2 saturated heterocycles. The highest BCUT2D eigenvalue weighted by molar-refractivity contribution is 5.98. The number of aromatic nitrogens is 1. The number of ether oxygens (including phenoxy) is 2. The van der Waals surface area contributed by atoms with Crippen molar-refractivity contribution in [1.29, 1.82) is 0 Å². The summed E-state index contributed by atoms with van der Waals surface area (Å²) in [5.41, 5.74) is 1.07. The van der Waals surface area contributed by atoms with Crippen LogP contribution in [0.15, 0.2) is 36.5 Å². The van der Waals surface area contributed by atoms with E-state index in [4.69, 9.17) is 4.74 Å². The molecule has 4 rings (SSSR count). The van der Waals surface area contributed by atoms with Crippen LogP contribution >= 0.6 is 0 Å². The molecule has 10 heteroatoms.